The predicted molar refractivity (Wildman–Crippen MR) is 84.0 cm³/mol. The summed E-state index contributed by atoms with van der Waals surface area (Å²) in [7, 11) is 0. The first kappa shape index (κ1) is 14.7. The minimum atomic E-state index is -0.219. The molecule has 0 fully saturated rings. The van der Waals surface area contributed by atoms with Crippen molar-refractivity contribution in [1.29, 1.82) is 0 Å². The Kier molecular flexibility index (Phi) is 4.87. The maximum atomic E-state index is 11.3. The van der Waals surface area contributed by atoms with Gasteiger partial charge >= 0.3 is 0 Å². The molecule has 0 radical (unpaired) electrons. The number of anilines is 1. The fourth-order valence-corrected chi connectivity index (χ4v) is 2.86. The van der Waals surface area contributed by atoms with Crippen molar-refractivity contribution in [3.8, 4) is 11.3 Å². The van der Waals surface area contributed by atoms with Crippen molar-refractivity contribution in [2.75, 3.05) is 11.9 Å². The second kappa shape index (κ2) is 6.63. The number of aromatic nitrogens is 1. The van der Waals surface area contributed by atoms with Crippen LogP contribution in [0.3, 0.4) is 0 Å². The first-order valence-corrected chi connectivity index (χ1v) is 7.52. The molecule has 0 unspecified atom stereocenters. The van der Waals surface area contributed by atoms with Crippen molar-refractivity contribution in [3.05, 3.63) is 34.7 Å². The van der Waals surface area contributed by atoms with Gasteiger partial charge in [-0.3, -0.25) is 4.79 Å². The minimum absolute atomic E-state index is 0.0281. The molecule has 2 aromatic rings. The predicted octanol–water partition coefficient (Wildman–Crippen LogP) is 2.97. The van der Waals surface area contributed by atoms with Crippen molar-refractivity contribution < 1.29 is 4.79 Å². The highest BCUT2D eigenvalue weighted by Gasteiger charge is 2.11. The highest BCUT2D eigenvalue weighted by molar-refractivity contribution is 7.16. The van der Waals surface area contributed by atoms with Crippen LogP contribution in [-0.2, 0) is 11.2 Å². The minimum Gasteiger partial charge on any atom is -0.322 e. The second-order valence-electron chi connectivity index (χ2n) is 4.62. The van der Waals surface area contributed by atoms with Gasteiger partial charge in [0.25, 0.3) is 0 Å². The summed E-state index contributed by atoms with van der Waals surface area (Å²) >= 11 is 1.47. The van der Waals surface area contributed by atoms with Gasteiger partial charge < -0.3 is 11.1 Å². The molecule has 1 heterocycles. The lowest BCUT2D eigenvalue weighted by Crippen LogP contribution is -2.21. The zero-order chi connectivity index (χ0) is 14.5. The molecule has 106 valence electrons. The van der Waals surface area contributed by atoms with Crippen LogP contribution in [-0.4, -0.2) is 17.4 Å². The van der Waals surface area contributed by atoms with E-state index in [1.165, 1.54) is 16.9 Å². The summed E-state index contributed by atoms with van der Waals surface area (Å²) in [4.78, 5) is 16.8. The molecule has 1 aromatic heterocycles. The van der Waals surface area contributed by atoms with E-state index in [1.54, 1.807) is 0 Å². The molecule has 3 N–H and O–H groups in total. The van der Waals surface area contributed by atoms with E-state index in [-0.39, 0.29) is 12.5 Å². The zero-order valence-electron chi connectivity index (χ0n) is 11.8. The standard InChI is InChI=1S/C15H19N3OS/c1-3-4-11-5-7-12(8-6-11)14-10(2)20-15(18-14)17-13(19)9-16/h5-8H,3-4,9,16H2,1-2H3,(H,17,18,19). The van der Waals surface area contributed by atoms with Crippen LogP contribution < -0.4 is 11.1 Å². The maximum absolute atomic E-state index is 11.3. The Morgan fingerprint density at radius 3 is 2.65 bits per heavy atom. The SMILES string of the molecule is CCCc1ccc(-c2nc(NC(=O)CN)sc2C)cc1. The summed E-state index contributed by atoms with van der Waals surface area (Å²) in [6, 6.07) is 8.44. The smallest absolute Gasteiger partial charge is 0.239 e. The maximum Gasteiger partial charge on any atom is 0.239 e. The molecule has 5 heteroatoms. The van der Waals surface area contributed by atoms with Crippen LogP contribution in [0.25, 0.3) is 11.3 Å². The highest BCUT2D eigenvalue weighted by Crippen LogP contribution is 2.30. The Labute approximate surface area is 123 Å². The number of aryl methyl sites for hydroxylation is 2. The average Bonchev–Trinajstić information content (AvgIpc) is 2.80. The number of benzene rings is 1. The number of thiazole rings is 1. The van der Waals surface area contributed by atoms with Gasteiger partial charge in [-0.05, 0) is 18.9 Å². The molecule has 0 spiro atoms. The van der Waals surface area contributed by atoms with Crippen LogP contribution in [0.15, 0.2) is 24.3 Å². The van der Waals surface area contributed by atoms with Crippen molar-refractivity contribution in [3.63, 3.8) is 0 Å². The van der Waals surface area contributed by atoms with Crippen LogP contribution in [0.2, 0.25) is 0 Å². The van der Waals surface area contributed by atoms with Crippen molar-refractivity contribution in [2.24, 2.45) is 5.73 Å². The van der Waals surface area contributed by atoms with Gasteiger partial charge in [-0.1, -0.05) is 37.6 Å². The molecule has 0 aliphatic carbocycles. The molecule has 2 rings (SSSR count). The number of nitrogens with zero attached hydrogens (tertiary/aromatic N) is 1. The van der Waals surface area contributed by atoms with Gasteiger partial charge in [0.1, 0.15) is 0 Å². The summed E-state index contributed by atoms with van der Waals surface area (Å²) in [6.45, 7) is 4.15. The molecular weight excluding hydrogens is 270 g/mol. The third-order valence-electron chi connectivity index (χ3n) is 2.99. The van der Waals surface area contributed by atoms with Crippen molar-refractivity contribution >= 4 is 22.4 Å². The lowest BCUT2D eigenvalue weighted by Gasteiger charge is -2.02. The number of carbonyl (C=O) groups excluding carboxylic acids is 1. The van der Waals surface area contributed by atoms with E-state index in [9.17, 15) is 4.79 Å². The largest absolute Gasteiger partial charge is 0.322 e. The molecule has 1 amide bonds. The van der Waals surface area contributed by atoms with Gasteiger partial charge in [0.05, 0.1) is 12.2 Å². The average molecular weight is 289 g/mol. The molecular formula is C15H19N3OS. The van der Waals surface area contributed by atoms with Crippen LogP contribution in [0.5, 0.6) is 0 Å². The molecule has 0 atom stereocenters. The summed E-state index contributed by atoms with van der Waals surface area (Å²) in [5.41, 5.74) is 8.62. The van der Waals surface area contributed by atoms with E-state index < -0.39 is 0 Å². The number of carbonyl (C=O) groups is 1. The van der Waals surface area contributed by atoms with E-state index in [1.807, 2.05) is 6.92 Å². The highest BCUT2D eigenvalue weighted by atomic mass is 32.1. The Morgan fingerprint density at radius 1 is 1.35 bits per heavy atom. The fraction of sp³-hybridized carbons (Fsp3) is 0.333. The monoisotopic (exact) mass is 289 g/mol. The van der Waals surface area contributed by atoms with Gasteiger partial charge in [0.2, 0.25) is 5.91 Å². The van der Waals surface area contributed by atoms with Gasteiger partial charge in [-0.2, -0.15) is 0 Å². The van der Waals surface area contributed by atoms with E-state index in [0.717, 1.165) is 29.0 Å². The molecule has 20 heavy (non-hydrogen) atoms. The lowest BCUT2D eigenvalue weighted by molar-refractivity contribution is -0.114. The Hall–Kier alpha value is -1.72. The third-order valence-corrected chi connectivity index (χ3v) is 3.88. The van der Waals surface area contributed by atoms with Gasteiger partial charge in [-0.15, -0.1) is 11.3 Å². The summed E-state index contributed by atoms with van der Waals surface area (Å²) in [5.74, 6) is -0.219. The second-order valence-corrected chi connectivity index (χ2v) is 5.83. The molecule has 4 nitrogen and oxygen atoms in total. The normalized spacial score (nSPS) is 10.6. The Bertz CT molecular complexity index is 590. The van der Waals surface area contributed by atoms with E-state index in [4.69, 9.17) is 5.73 Å². The Balaban J connectivity index is 2.21. The Morgan fingerprint density at radius 2 is 2.05 bits per heavy atom. The number of rotatable bonds is 5. The van der Waals surface area contributed by atoms with E-state index in [2.05, 4.69) is 41.5 Å². The van der Waals surface area contributed by atoms with Gasteiger partial charge in [0, 0.05) is 10.4 Å². The van der Waals surface area contributed by atoms with Crippen LogP contribution in [0, 0.1) is 6.92 Å². The number of amides is 1. The van der Waals surface area contributed by atoms with Crippen LogP contribution in [0.4, 0.5) is 5.13 Å². The van der Waals surface area contributed by atoms with E-state index >= 15 is 0 Å². The molecule has 0 aliphatic heterocycles. The molecule has 0 aliphatic rings. The van der Waals surface area contributed by atoms with Crippen LogP contribution in [0.1, 0.15) is 23.8 Å². The van der Waals surface area contributed by atoms with Crippen molar-refractivity contribution in [2.45, 2.75) is 26.7 Å². The molecule has 0 bridgehead atoms. The number of hydrogen-bond acceptors (Lipinski definition) is 4. The summed E-state index contributed by atoms with van der Waals surface area (Å²) < 4.78 is 0. The quantitative estimate of drug-likeness (QED) is 0.889. The van der Waals surface area contributed by atoms with E-state index in [0.29, 0.717) is 5.13 Å². The zero-order valence-corrected chi connectivity index (χ0v) is 12.6. The summed E-state index contributed by atoms with van der Waals surface area (Å²) in [5, 5.41) is 3.30. The molecule has 0 saturated carbocycles. The summed E-state index contributed by atoms with van der Waals surface area (Å²) in [6.07, 6.45) is 2.23. The number of nitrogens with two attached hydrogens (primary N) is 1. The van der Waals surface area contributed by atoms with Gasteiger partial charge in [0.15, 0.2) is 5.13 Å². The first-order chi connectivity index (χ1) is 9.63. The first-order valence-electron chi connectivity index (χ1n) is 6.70. The topological polar surface area (TPSA) is 68.0 Å². The number of hydrogen-bond donors (Lipinski definition) is 2. The molecule has 0 saturated heterocycles. The number of nitrogens with one attached hydrogen (secondary N) is 1. The third kappa shape index (κ3) is 3.43. The molecule has 1 aromatic carbocycles. The van der Waals surface area contributed by atoms with Gasteiger partial charge in [-0.25, -0.2) is 4.98 Å². The fourth-order valence-electron chi connectivity index (χ4n) is 2.01. The lowest BCUT2D eigenvalue weighted by atomic mass is 10.1. The van der Waals surface area contributed by atoms with Crippen LogP contribution >= 0.6 is 11.3 Å². The van der Waals surface area contributed by atoms with Crippen molar-refractivity contribution in [1.82, 2.24) is 4.98 Å².